The van der Waals surface area contributed by atoms with Gasteiger partial charge in [0, 0.05) is 24.9 Å². The summed E-state index contributed by atoms with van der Waals surface area (Å²) in [6.07, 6.45) is 3.57. The number of nitrogens with zero attached hydrogens (tertiary/aromatic N) is 1. The van der Waals surface area contributed by atoms with E-state index in [1.807, 2.05) is 0 Å². The third kappa shape index (κ3) is 8.47. The normalized spacial score (nSPS) is 21.3. The van der Waals surface area contributed by atoms with E-state index in [2.05, 4.69) is 16.0 Å². The zero-order chi connectivity index (χ0) is 23.0. The number of carboxylic acids is 1. The monoisotopic (exact) mass is 438 g/mol. The van der Waals surface area contributed by atoms with Crippen molar-refractivity contribution in [1.29, 1.82) is 0 Å². The fraction of sp³-hybridized carbons (Fsp3) is 0.818. The van der Waals surface area contributed by atoms with Crippen molar-refractivity contribution < 1.29 is 24.3 Å². The van der Waals surface area contributed by atoms with Crippen molar-refractivity contribution >= 4 is 23.7 Å². The van der Waals surface area contributed by atoms with Gasteiger partial charge in [-0.1, -0.05) is 20.8 Å². The van der Waals surface area contributed by atoms with Crippen LogP contribution in [0.5, 0.6) is 0 Å². The van der Waals surface area contributed by atoms with Gasteiger partial charge in [-0.25, -0.2) is 0 Å². The van der Waals surface area contributed by atoms with Crippen LogP contribution < -0.4 is 16.0 Å². The number of hydrogen-bond acceptors (Lipinski definition) is 5. The summed E-state index contributed by atoms with van der Waals surface area (Å²) < 4.78 is 0. The molecule has 2 fully saturated rings. The van der Waals surface area contributed by atoms with E-state index in [9.17, 15) is 19.2 Å². The molecule has 9 heteroatoms. The van der Waals surface area contributed by atoms with Crippen molar-refractivity contribution in [2.75, 3.05) is 26.2 Å². The molecule has 4 N–H and O–H groups in total. The molecule has 176 valence electrons. The van der Waals surface area contributed by atoms with Crippen molar-refractivity contribution in [2.24, 2.45) is 17.3 Å². The summed E-state index contributed by atoms with van der Waals surface area (Å²) in [4.78, 5) is 50.7. The number of carbonyl (C=O) groups excluding carboxylic acids is 3. The third-order valence-corrected chi connectivity index (χ3v) is 6.05. The molecule has 0 unspecified atom stereocenters. The fourth-order valence-electron chi connectivity index (χ4n) is 4.05. The number of aliphatic carboxylic acids is 1. The minimum atomic E-state index is -1.11. The Hall–Kier alpha value is -2.16. The van der Waals surface area contributed by atoms with Crippen LogP contribution in [0.2, 0.25) is 0 Å². The maximum Gasteiger partial charge on any atom is 0.307 e. The van der Waals surface area contributed by atoms with Crippen molar-refractivity contribution in [3.8, 4) is 0 Å². The van der Waals surface area contributed by atoms with Crippen LogP contribution in [0, 0.1) is 17.3 Å². The number of rotatable bonds is 8. The van der Waals surface area contributed by atoms with Gasteiger partial charge in [-0.2, -0.15) is 0 Å². The van der Waals surface area contributed by atoms with Crippen LogP contribution in [-0.2, 0) is 19.2 Å². The highest BCUT2D eigenvalue weighted by atomic mass is 16.4. The maximum atomic E-state index is 12.8. The minimum absolute atomic E-state index is 0.0825. The van der Waals surface area contributed by atoms with E-state index in [1.54, 1.807) is 25.7 Å². The van der Waals surface area contributed by atoms with E-state index in [0.717, 1.165) is 38.8 Å². The average molecular weight is 439 g/mol. The van der Waals surface area contributed by atoms with Crippen LogP contribution in [-0.4, -0.2) is 66.0 Å². The van der Waals surface area contributed by atoms with Crippen molar-refractivity contribution in [3.63, 3.8) is 0 Å². The molecule has 2 aliphatic heterocycles. The number of likely N-dealkylation sites (tertiary alicyclic amines) is 1. The van der Waals surface area contributed by atoms with Crippen molar-refractivity contribution in [2.45, 2.75) is 71.9 Å². The standard InChI is InChI=1S/C22H38N4O5/c1-22(2,3)21(31)25-17(13-19(28)29)24-20(30)16-5-4-12-26(14-16)18(27)7-6-15-8-10-23-11-9-15/h15-17,23H,4-14H2,1-3H3,(H,24,30)(H,25,31)(H,28,29)/t16-,17+/m1/s1. The Balaban J connectivity index is 1.88. The summed E-state index contributed by atoms with van der Waals surface area (Å²) in [6, 6.07) is 0. The van der Waals surface area contributed by atoms with E-state index in [0.29, 0.717) is 31.8 Å². The summed E-state index contributed by atoms with van der Waals surface area (Å²) in [5.74, 6) is -1.51. The largest absolute Gasteiger partial charge is 0.481 e. The second-order valence-electron chi connectivity index (χ2n) is 9.79. The number of nitrogens with one attached hydrogen (secondary N) is 3. The van der Waals surface area contributed by atoms with Gasteiger partial charge in [0.05, 0.1) is 12.3 Å². The number of amides is 3. The summed E-state index contributed by atoms with van der Waals surface area (Å²) in [7, 11) is 0. The molecule has 0 aromatic rings. The van der Waals surface area contributed by atoms with Gasteiger partial charge in [0.25, 0.3) is 0 Å². The van der Waals surface area contributed by atoms with Crippen LogP contribution in [0.15, 0.2) is 0 Å². The predicted molar refractivity (Wildman–Crippen MR) is 116 cm³/mol. The van der Waals surface area contributed by atoms with Gasteiger partial charge < -0.3 is 26.0 Å². The molecule has 0 saturated carbocycles. The smallest absolute Gasteiger partial charge is 0.307 e. The summed E-state index contributed by atoms with van der Waals surface area (Å²) >= 11 is 0. The fourth-order valence-corrected chi connectivity index (χ4v) is 4.05. The zero-order valence-corrected chi connectivity index (χ0v) is 19.0. The Morgan fingerprint density at radius 1 is 1.10 bits per heavy atom. The van der Waals surface area contributed by atoms with E-state index in [-0.39, 0.29) is 17.7 Å². The lowest BCUT2D eigenvalue weighted by Crippen LogP contribution is -2.54. The molecule has 0 spiro atoms. The summed E-state index contributed by atoms with van der Waals surface area (Å²) in [5.41, 5.74) is -0.704. The Kier molecular flexibility index (Phi) is 9.28. The minimum Gasteiger partial charge on any atom is -0.481 e. The first-order chi connectivity index (χ1) is 14.6. The third-order valence-electron chi connectivity index (χ3n) is 6.05. The van der Waals surface area contributed by atoms with Crippen LogP contribution >= 0.6 is 0 Å². The molecule has 2 atom stereocenters. The van der Waals surface area contributed by atoms with Gasteiger partial charge in [0.15, 0.2) is 0 Å². The second kappa shape index (κ2) is 11.5. The van der Waals surface area contributed by atoms with Gasteiger partial charge in [-0.3, -0.25) is 19.2 Å². The molecule has 0 aromatic heterocycles. The van der Waals surface area contributed by atoms with E-state index >= 15 is 0 Å². The first-order valence-electron chi connectivity index (χ1n) is 11.4. The molecule has 2 saturated heterocycles. The van der Waals surface area contributed by atoms with Crippen molar-refractivity contribution in [3.05, 3.63) is 0 Å². The van der Waals surface area contributed by atoms with Gasteiger partial charge in [-0.15, -0.1) is 0 Å². The molecule has 0 radical (unpaired) electrons. The Morgan fingerprint density at radius 3 is 2.39 bits per heavy atom. The number of piperidine rings is 2. The lowest BCUT2D eigenvalue weighted by Gasteiger charge is -2.33. The maximum absolute atomic E-state index is 12.8. The SMILES string of the molecule is CC(C)(C)C(=O)N[C@@H](CC(=O)O)NC(=O)[C@@H]1CCCN(C(=O)CCC2CCNCC2)C1. The molecular weight excluding hydrogens is 400 g/mol. The molecule has 9 nitrogen and oxygen atoms in total. The lowest BCUT2D eigenvalue weighted by atomic mass is 9.92. The Labute approximate surface area is 184 Å². The highest BCUT2D eigenvalue weighted by molar-refractivity contribution is 5.85. The molecule has 2 rings (SSSR count). The zero-order valence-electron chi connectivity index (χ0n) is 19.0. The molecule has 31 heavy (non-hydrogen) atoms. The van der Waals surface area contributed by atoms with E-state index in [4.69, 9.17) is 5.11 Å². The van der Waals surface area contributed by atoms with Crippen molar-refractivity contribution in [1.82, 2.24) is 20.9 Å². The molecule has 0 aliphatic carbocycles. The first kappa shape index (κ1) is 25.1. The summed E-state index contributed by atoms with van der Waals surface area (Å²) in [6.45, 7) is 8.16. The topological polar surface area (TPSA) is 128 Å². The second-order valence-corrected chi connectivity index (χ2v) is 9.79. The number of hydrogen-bond donors (Lipinski definition) is 4. The van der Waals surface area contributed by atoms with Crippen LogP contribution in [0.25, 0.3) is 0 Å². The summed E-state index contributed by atoms with van der Waals surface area (Å²) in [5, 5.41) is 17.8. The molecule has 3 amide bonds. The molecule has 0 bridgehead atoms. The molecular formula is C22H38N4O5. The lowest BCUT2D eigenvalue weighted by molar-refractivity contribution is -0.139. The average Bonchev–Trinajstić information content (AvgIpc) is 2.71. The van der Waals surface area contributed by atoms with Gasteiger partial charge >= 0.3 is 5.97 Å². The van der Waals surface area contributed by atoms with Gasteiger partial charge in [-0.05, 0) is 51.1 Å². The van der Waals surface area contributed by atoms with Crippen LogP contribution in [0.1, 0.15) is 65.7 Å². The highest BCUT2D eigenvalue weighted by Crippen LogP contribution is 2.22. The number of carbonyl (C=O) groups is 4. The van der Waals surface area contributed by atoms with Crippen LogP contribution in [0.3, 0.4) is 0 Å². The highest BCUT2D eigenvalue weighted by Gasteiger charge is 2.31. The quantitative estimate of drug-likeness (QED) is 0.420. The molecule has 0 aromatic carbocycles. The van der Waals surface area contributed by atoms with E-state index < -0.39 is 29.9 Å². The number of carboxylic acid groups (broad SMARTS) is 1. The van der Waals surface area contributed by atoms with Gasteiger partial charge in [0.2, 0.25) is 17.7 Å². The molecule has 2 heterocycles. The first-order valence-corrected chi connectivity index (χ1v) is 11.4. The van der Waals surface area contributed by atoms with Gasteiger partial charge in [0.1, 0.15) is 6.17 Å². The van der Waals surface area contributed by atoms with E-state index in [1.165, 1.54) is 0 Å². The molecule has 2 aliphatic rings. The van der Waals surface area contributed by atoms with Crippen LogP contribution in [0.4, 0.5) is 0 Å². The predicted octanol–water partition coefficient (Wildman–Crippen LogP) is 1.08. The Bertz CT molecular complexity index is 655. The Morgan fingerprint density at radius 2 is 1.77 bits per heavy atom.